The van der Waals surface area contributed by atoms with Crippen LogP contribution in [0.5, 0.6) is 0 Å². The molecule has 0 saturated heterocycles. The fourth-order valence-corrected chi connectivity index (χ4v) is 1.37. The summed E-state index contributed by atoms with van der Waals surface area (Å²) in [4.78, 5) is 6.75. The monoisotopic (exact) mass is 262 g/mol. The molecule has 7 heteroatoms. The van der Waals surface area contributed by atoms with Gasteiger partial charge in [0.1, 0.15) is 11.5 Å². The first-order valence-corrected chi connectivity index (χ1v) is 4.70. The maximum Gasteiger partial charge on any atom is 0.223 e. The van der Waals surface area contributed by atoms with Crippen molar-refractivity contribution in [1.82, 2.24) is 9.97 Å². The van der Waals surface area contributed by atoms with Crippen molar-refractivity contribution in [3.8, 4) is 11.3 Å². The quantitative estimate of drug-likeness (QED) is 0.447. The average Bonchev–Trinajstić information content (AvgIpc) is 2.27. The zero-order valence-corrected chi connectivity index (χ0v) is 8.77. The molecular formula is C10H3ClF4N2. The van der Waals surface area contributed by atoms with E-state index in [4.69, 9.17) is 11.6 Å². The SMILES string of the molecule is Fc1cc(F)c(-c2nc(Cl)ncc2F)cc1F. The van der Waals surface area contributed by atoms with Crippen molar-refractivity contribution < 1.29 is 17.6 Å². The van der Waals surface area contributed by atoms with Gasteiger partial charge >= 0.3 is 0 Å². The second-order valence-corrected chi connectivity index (χ2v) is 3.42. The summed E-state index contributed by atoms with van der Waals surface area (Å²) in [7, 11) is 0. The third-order valence-electron chi connectivity index (χ3n) is 1.98. The van der Waals surface area contributed by atoms with Crippen LogP contribution in [0.4, 0.5) is 17.6 Å². The molecule has 1 aromatic heterocycles. The van der Waals surface area contributed by atoms with Crippen molar-refractivity contribution >= 4 is 11.6 Å². The van der Waals surface area contributed by atoms with E-state index in [2.05, 4.69) is 9.97 Å². The maximum absolute atomic E-state index is 13.4. The molecule has 2 rings (SSSR count). The van der Waals surface area contributed by atoms with Crippen LogP contribution >= 0.6 is 11.6 Å². The van der Waals surface area contributed by atoms with Gasteiger partial charge in [-0.15, -0.1) is 0 Å². The molecule has 0 atom stereocenters. The second-order valence-electron chi connectivity index (χ2n) is 3.08. The predicted molar refractivity (Wildman–Crippen MR) is 52.3 cm³/mol. The Bertz CT molecular complexity index is 589. The number of benzene rings is 1. The first kappa shape index (κ1) is 11.8. The van der Waals surface area contributed by atoms with Crippen LogP contribution in [0.2, 0.25) is 5.28 Å². The number of aromatic nitrogens is 2. The lowest BCUT2D eigenvalue weighted by molar-refractivity contribution is 0.495. The molecule has 17 heavy (non-hydrogen) atoms. The molecule has 88 valence electrons. The lowest BCUT2D eigenvalue weighted by Gasteiger charge is -2.04. The normalized spacial score (nSPS) is 10.6. The highest BCUT2D eigenvalue weighted by Gasteiger charge is 2.16. The first-order chi connectivity index (χ1) is 7.99. The minimum Gasteiger partial charge on any atom is -0.223 e. The van der Waals surface area contributed by atoms with Gasteiger partial charge in [-0.25, -0.2) is 27.5 Å². The van der Waals surface area contributed by atoms with E-state index in [1.165, 1.54) is 0 Å². The van der Waals surface area contributed by atoms with E-state index in [9.17, 15) is 17.6 Å². The first-order valence-electron chi connectivity index (χ1n) is 4.32. The van der Waals surface area contributed by atoms with Crippen LogP contribution in [-0.4, -0.2) is 9.97 Å². The molecule has 0 aliphatic heterocycles. The van der Waals surface area contributed by atoms with Gasteiger partial charge in [-0.1, -0.05) is 0 Å². The van der Waals surface area contributed by atoms with Crippen molar-refractivity contribution in [3.63, 3.8) is 0 Å². The molecule has 0 unspecified atom stereocenters. The van der Waals surface area contributed by atoms with Crippen LogP contribution in [-0.2, 0) is 0 Å². The Balaban J connectivity index is 2.68. The highest BCUT2D eigenvalue weighted by atomic mass is 35.5. The van der Waals surface area contributed by atoms with Gasteiger partial charge in [-0.3, -0.25) is 0 Å². The third kappa shape index (κ3) is 2.21. The largest absolute Gasteiger partial charge is 0.223 e. The van der Waals surface area contributed by atoms with E-state index >= 15 is 0 Å². The lowest BCUT2D eigenvalue weighted by atomic mass is 10.1. The molecule has 0 aliphatic rings. The fourth-order valence-electron chi connectivity index (χ4n) is 1.24. The van der Waals surface area contributed by atoms with Crippen LogP contribution in [0.3, 0.4) is 0 Å². The highest BCUT2D eigenvalue weighted by molar-refractivity contribution is 6.28. The van der Waals surface area contributed by atoms with Crippen molar-refractivity contribution in [1.29, 1.82) is 0 Å². The van der Waals surface area contributed by atoms with Crippen molar-refractivity contribution in [3.05, 3.63) is 46.9 Å². The summed E-state index contributed by atoms with van der Waals surface area (Å²) >= 11 is 5.41. The van der Waals surface area contributed by atoms with E-state index in [1.807, 2.05) is 0 Å². The van der Waals surface area contributed by atoms with Crippen LogP contribution < -0.4 is 0 Å². The second kappa shape index (κ2) is 4.29. The summed E-state index contributed by atoms with van der Waals surface area (Å²) in [6.07, 6.45) is 0.714. The van der Waals surface area contributed by atoms with E-state index in [0.29, 0.717) is 18.3 Å². The molecule has 0 fully saturated rings. The summed E-state index contributed by atoms with van der Waals surface area (Å²) in [5.74, 6) is -4.81. The van der Waals surface area contributed by atoms with Gasteiger partial charge in [0.25, 0.3) is 0 Å². The number of hydrogen-bond donors (Lipinski definition) is 0. The zero-order chi connectivity index (χ0) is 12.6. The summed E-state index contributed by atoms with van der Waals surface area (Å²) in [6, 6.07) is 0.812. The minimum atomic E-state index is -1.37. The number of nitrogens with zero attached hydrogens (tertiary/aromatic N) is 2. The molecule has 0 amide bonds. The molecule has 0 spiro atoms. The fraction of sp³-hybridized carbons (Fsp3) is 0. The average molecular weight is 263 g/mol. The van der Waals surface area contributed by atoms with E-state index < -0.39 is 34.5 Å². The Labute approximate surface area is 97.9 Å². The lowest BCUT2D eigenvalue weighted by Crippen LogP contribution is -1.97. The summed E-state index contributed by atoms with van der Waals surface area (Å²) in [5, 5.41) is -0.328. The standard InChI is InChI=1S/C10H3ClF4N2/c11-10-16-3-8(15)9(17-10)4-1-6(13)7(14)2-5(4)12/h1-3H. The Morgan fingerprint density at radius 3 is 2.24 bits per heavy atom. The van der Waals surface area contributed by atoms with Crippen molar-refractivity contribution in [2.45, 2.75) is 0 Å². The summed E-state index contributed by atoms with van der Waals surface area (Å²) in [5.41, 5.74) is -1.05. The van der Waals surface area contributed by atoms with E-state index in [1.54, 1.807) is 0 Å². The van der Waals surface area contributed by atoms with Gasteiger partial charge in [-0.2, -0.15) is 0 Å². The van der Waals surface area contributed by atoms with Crippen LogP contribution in [0.25, 0.3) is 11.3 Å². The molecule has 2 nitrogen and oxygen atoms in total. The Kier molecular flexibility index (Phi) is 2.97. The Morgan fingerprint density at radius 1 is 0.882 bits per heavy atom. The Morgan fingerprint density at radius 2 is 1.53 bits per heavy atom. The summed E-state index contributed by atoms with van der Waals surface area (Å²) in [6.45, 7) is 0. The molecule has 2 aromatic rings. The minimum absolute atomic E-state index is 0.306. The van der Waals surface area contributed by atoms with Gasteiger partial charge in [0.15, 0.2) is 17.5 Å². The van der Waals surface area contributed by atoms with Gasteiger partial charge in [0, 0.05) is 11.6 Å². The molecule has 0 aliphatic carbocycles. The van der Waals surface area contributed by atoms with E-state index in [-0.39, 0.29) is 5.28 Å². The van der Waals surface area contributed by atoms with Crippen molar-refractivity contribution in [2.75, 3.05) is 0 Å². The molecule has 1 heterocycles. The third-order valence-corrected chi connectivity index (χ3v) is 2.16. The molecule has 0 N–H and O–H groups in total. The molecule has 1 aromatic carbocycles. The van der Waals surface area contributed by atoms with Gasteiger partial charge in [0.05, 0.1) is 6.20 Å². The van der Waals surface area contributed by atoms with Gasteiger partial charge in [-0.05, 0) is 17.7 Å². The molecule has 0 radical (unpaired) electrons. The maximum atomic E-state index is 13.4. The summed E-state index contributed by atoms with van der Waals surface area (Å²) < 4.78 is 52.3. The molecular weight excluding hydrogens is 260 g/mol. The van der Waals surface area contributed by atoms with Gasteiger partial charge < -0.3 is 0 Å². The Hall–Kier alpha value is -1.69. The van der Waals surface area contributed by atoms with Crippen molar-refractivity contribution in [2.24, 2.45) is 0 Å². The zero-order valence-electron chi connectivity index (χ0n) is 8.02. The van der Waals surface area contributed by atoms with Crippen LogP contribution in [0, 0.1) is 23.3 Å². The number of rotatable bonds is 1. The molecule has 0 saturated carbocycles. The molecule has 0 bridgehead atoms. The highest BCUT2D eigenvalue weighted by Crippen LogP contribution is 2.26. The smallest absolute Gasteiger partial charge is 0.223 e. The van der Waals surface area contributed by atoms with Crippen LogP contribution in [0.15, 0.2) is 18.3 Å². The number of halogens is 5. The topological polar surface area (TPSA) is 25.8 Å². The number of hydrogen-bond acceptors (Lipinski definition) is 2. The van der Waals surface area contributed by atoms with Gasteiger partial charge in [0.2, 0.25) is 5.28 Å². The predicted octanol–water partition coefficient (Wildman–Crippen LogP) is 3.35. The van der Waals surface area contributed by atoms with Crippen LogP contribution in [0.1, 0.15) is 0 Å². The van der Waals surface area contributed by atoms with E-state index in [0.717, 1.165) is 0 Å².